The number of aliphatic carboxylic acids is 1. The number of para-hydroxylation sites is 1. The summed E-state index contributed by atoms with van der Waals surface area (Å²) in [6.07, 6.45) is 0.125. The zero-order valence-corrected chi connectivity index (χ0v) is 14.9. The molecule has 142 valence electrons. The number of hydrogen-bond donors (Lipinski definition) is 2. The lowest BCUT2D eigenvalue weighted by Crippen LogP contribution is -2.43. The van der Waals surface area contributed by atoms with Crippen LogP contribution in [0, 0.1) is 0 Å². The second kappa shape index (κ2) is 9.19. The normalized spacial score (nSPS) is 19.2. The molecule has 8 heteroatoms. The molecule has 0 aliphatic carbocycles. The Morgan fingerprint density at radius 2 is 2.04 bits per heavy atom. The molecule has 2 atom stereocenters. The molecule has 1 fully saturated rings. The van der Waals surface area contributed by atoms with Crippen LogP contribution in [0.25, 0.3) is 0 Å². The van der Waals surface area contributed by atoms with Crippen molar-refractivity contribution >= 4 is 17.8 Å². The Morgan fingerprint density at radius 1 is 1.31 bits per heavy atom. The van der Waals surface area contributed by atoms with Crippen molar-refractivity contribution < 1.29 is 29.0 Å². The van der Waals surface area contributed by atoms with Crippen LogP contribution in [0.3, 0.4) is 0 Å². The number of carboxylic acids is 1. The van der Waals surface area contributed by atoms with Gasteiger partial charge in [0.2, 0.25) is 5.91 Å². The number of carboxylic acid groups (broad SMARTS) is 1. The van der Waals surface area contributed by atoms with Gasteiger partial charge in [-0.25, -0.2) is 0 Å². The number of benzene rings is 1. The first-order chi connectivity index (χ1) is 12.5. The largest absolute Gasteiger partial charge is 0.493 e. The smallest absolute Gasteiger partial charge is 0.305 e. The number of rotatable bonds is 8. The van der Waals surface area contributed by atoms with Crippen LogP contribution < -0.4 is 10.1 Å². The van der Waals surface area contributed by atoms with Crippen LogP contribution in [-0.4, -0.2) is 66.7 Å². The molecule has 2 N–H and O–H groups in total. The molecule has 0 saturated carbocycles. The van der Waals surface area contributed by atoms with Gasteiger partial charge in [-0.05, 0) is 25.5 Å². The summed E-state index contributed by atoms with van der Waals surface area (Å²) < 4.78 is 10.7. The van der Waals surface area contributed by atoms with Crippen LogP contribution in [0.4, 0.5) is 0 Å². The number of methoxy groups -OCH3 is 1. The maximum absolute atomic E-state index is 12.5. The highest BCUT2D eigenvalue weighted by Crippen LogP contribution is 2.23. The Balaban J connectivity index is 1.98. The van der Waals surface area contributed by atoms with Crippen molar-refractivity contribution in [2.45, 2.75) is 31.9 Å². The van der Waals surface area contributed by atoms with Gasteiger partial charge in [-0.15, -0.1) is 0 Å². The number of nitrogens with one attached hydrogen (secondary N) is 1. The minimum Gasteiger partial charge on any atom is -0.493 e. The second-order valence-corrected chi connectivity index (χ2v) is 6.00. The van der Waals surface area contributed by atoms with Gasteiger partial charge in [0.15, 0.2) is 0 Å². The average molecular weight is 364 g/mol. The van der Waals surface area contributed by atoms with Crippen molar-refractivity contribution in [1.82, 2.24) is 10.2 Å². The van der Waals surface area contributed by atoms with Crippen molar-refractivity contribution in [3.63, 3.8) is 0 Å². The minimum absolute atomic E-state index is 0.146. The van der Waals surface area contributed by atoms with Gasteiger partial charge in [0.25, 0.3) is 5.91 Å². The first kappa shape index (κ1) is 19.7. The van der Waals surface area contributed by atoms with Gasteiger partial charge < -0.3 is 24.8 Å². The van der Waals surface area contributed by atoms with Gasteiger partial charge in [-0.3, -0.25) is 14.4 Å². The van der Waals surface area contributed by atoms with E-state index in [2.05, 4.69) is 5.32 Å². The van der Waals surface area contributed by atoms with E-state index in [1.807, 2.05) is 6.92 Å². The van der Waals surface area contributed by atoms with Gasteiger partial charge in [-0.1, -0.05) is 12.1 Å². The molecule has 1 aliphatic rings. The third kappa shape index (κ3) is 4.95. The number of carbonyl (C=O) groups is 3. The molecule has 1 aromatic rings. The molecule has 0 bridgehead atoms. The lowest BCUT2D eigenvalue weighted by Gasteiger charge is -2.23. The summed E-state index contributed by atoms with van der Waals surface area (Å²) in [6, 6.07) is 6.35. The summed E-state index contributed by atoms with van der Waals surface area (Å²) in [5, 5.41) is 11.6. The predicted octanol–water partition coefficient (Wildman–Crippen LogP) is 0.906. The average Bonchev–Trinajstić information content (AvgIpc) is 3.02. The number of amides is 2. The molecule has 1 saturated heterocycles. The van der Waals surface area contributed by atoms with Crippen LogP contribution >= 0.6 is 0 Å². The molecule has 0 spiro atoms. The number of ether oxygens (including phenoxy) is 2. The van der Waals surface area contributed by atoms with Gasteiger partial charge in [0.05, 0.1) is 31.2 Å². The Labute approximate surface area is 152 Å². The third-order valence-electron chi connectivity index (χ3n) is 4.27. The fourth-order valence-electron chi connectivity index (χ4n) is 3.03. The lowest BCUT2D eigenvalue weighted by molar-refractivity contribution is -0.139. The first-order valence-electron chi connectivity index (χ1n) is 8.50. The highest BCUT2D eigenvalue weighted by molar-refractivity contribution is 5.98. The van der Waals surface area contributed by atoms with Crippen LogP contribution in [0.2, 0.25) is 0 Å². The summed E-state index contributed by atoms with van der Waals surface area (Å²) >= 11 is 0. The number of carbonyl (C=O) groups excluding carboxylic acids is 2. The Kier molecular flexibility index (Phi) is 6.97. The molecule has 2 unspecified atom stereocenters. The molecule has 1 aromatic carbocycles. The van der Waals surface area contributed by atoms with Gasteiger partial charge in [-0.2, -0.15) is 0 Å². The van der Waals surface area contributed by atoms with E-state index >= 15 is 0 Å². The van der Waals surface area contributed by atoms with Crippen molar-refractivity contribution in [2.24, 2.45) is 0 Å². The minimum atomic E-state index is -0.973. The summed E-state index contributed by atoms with van der Waals surface area (Å²) in [7, 11) is 1.53. The van der Waals surface area contributed by atoms with Gasteiger partial charge >= 0.3 is 5.97 Å². The summed E-state index contributed by atoms with van der Waals surface area (Å²) in [5.74, 6) is -1.28. The molecule has 8 nitrogen and oxygen atoms in total. The molecule has 0 radical (unpaired) electrons. The lowest BCUT2D eigenvalue weighted by atomic mass is 10.1. The SMILES string of the molecule is CCOc1ccccc1C(=O)NCC(=O)N1CC(OC)CC1CC(=O)O. The van der Waals surface area contributed by atoms with Crippen LogP contribution in [-0.2, 0) is 14.3 Å². The number of nitrogens with zero attached hydrogens (tertiary/aromatic N) is 1. The molecule has 26 heavy (non-hydrogen) atoms. The predicted molar refractivity (Wildman–Crippen MR) is 93.1 cm³/mol. The maximum atomic E-state index is 12.5. The fourth-order valence-corrected chi connectivity index (χ4v) is 3.03. The Morgan fingerprint density at radius 3 is 2.69 bits per heavy atom. The molecule has 2 rings (SSSR count). The monoisotopic (exact) mass is 364 g/mol. The summed E-state index contributed by atoms with van der Waals surface area (Å²) in [5.41, 5.74) is 0.348. The fraction of sp³-hybridized carbons (Fsp3) is 0.500. The van der Waals surface area contributed by atoms with Crippen molar-refractivity contribution in [3.8, 4) is 5.75 Å². The van der Waals surface area contributed by atoms with E-state index in [-0.39, 0.29) is 25.0 Å². The molecule has 0 aromatic heterocycles. The third-order valence-corrected chi connectivity index (χ3v) is 4.27. The van der Waals surface area contributed by atoms with E-state index in [4.69, 9.17) is 14.6 Å². The van der Waals surface area contributed by atoms with E-state index in [1.165, 1.54) is 12.0 Å². The quantitative estimate of drug-likeness (QED) is 0.710. The molecule has 2 amide bonds. The van der Waals surface area contributed by atoms with Gasteiger partial charge in [0, 0.05) is 19.7 Å². The van der Waals surface area contributed by atoms with Crippen LogP contribution in [0.1, 0.15) is 30.1 Å². The summed E-state index contributed by atoms with van der Waals surface area (Å²) in [6.45, 7) is 2.34. The van der Waals surface area contributed by atoms with E-state index in [9.17, 15) is 14.4 Å². The van der Waals surface area contributed by atoms with E-state index in [1.54, 1.807) is 24.3 Å². The summed E-state index contributed by atoms with van der Waals surface area (Å²) in [4.78, 5) is 37.3. The second-order valence-electron chi connectivity index (χ2n) is 6.00. The number of likely N-dealkylation sites (tertiary alicyclic amines) is 1. The molecular weight excluding hydrogens is 340 g/mol. The molecule has 1 heterocycles. The highest BCUT2D eigenvalue weighted by Gasteiger charge is 2.36. The van der Waals surface area contributed by atoms with E-state index < -0.39 is 17.9 Å². The Bertz CT molecular complexity index is 663. The maximum Gasteiger partial charge on any atom is 0.305 e. The van der Waals surface area contributed by atoms with Crippen LogP contribution in [0.5, 0.6) is 5.75 Å². The van der Waals surface area contributed by atoms with Crippen molar-refractivity contribution in [2.75, 3.05) is 26.8 Å². The van der Waals surface area contributed by atoms with Crippen molar-refractivity contribution in [1.29, 1.82) is 0 Å². The van der Waals surface area contributed by atoms with E-state index in [0.717, 1.165) is 0 Å². The standard InChI is InChI=1S/C18H24N2O6/c1-3-26-15-7-5-4-6-14(15)18(24)19-10-16(21)20-11-13(25-2)8-12(20)9-17(22)23/h4-7,12-13H,3,8-11H2,1-2H3,(H,19,24)(H,22,23). The highest BCUT2D eigenvalue weighted by atomic mass is 16.5. The van der Waals surface area contributed by atoms with Crippen LogP contribution in [0.15, 0.2) is 24.3 Å². The van der Waals surface area contributed by atoms with Crippen molar-refractivity contribution in [3.05, 3.63) is 29.8 Å². The number of hydrogen-bond acceptors (Lipinski definition) is 5. The van der Waals surface area contributed by atoms with Gasteiger partial charge in [0.1, 0.15) is 5.75 Å². The van der Waals surface area contributed by atoms with E-state index in [0.29, 0.717) is 30.9 Å². The zero-order chi connectivity index (χ0) is 19.1. The first-order valence-corrected chi connectivity index (χ1v) is 8.50. The molecule has 1 aliphatic heterocycles. The Hall–Kier alpha value is -2.61. The molecular formula is C18H24N2O6. The topological polar surface area (TPSA) is 105 Å². The zero-order valence-electron chi connectivity index (χ0n) is 14.9.